The van der Waals surface area contributed by atoms with Gasteiger partial charge in [0.25, 0.3) is 0 Å². The molecule has 1 heterocycles. The summed E-state index contributed by atoms with van der Waals surface area (Å²) in [4.78, 5) is 6.87. The van der Waals surface area contributed by atoms with Crippen LogP contribution in [0.4, 0.5) is 0 Å². The normalized spacial score (nSPS) is 22.9. The number of aliphatic imine (C=N–C) groups is 1. The summed E-state index contributed by atoms with van der Waals surface area (Å²) in [7, 11) is 1.91. The minimum Gasteiger partial charge on any atom is -0.356 e. The second kappa shape index (κ2) is 5.98. The van der Waals surface area contributed by atoms with E-state index in [0.717, 1.165) is 12.5 Å². The van der Waals surface area contributed by atoms with Crippen molar-refractivity contribution in [1.82, 2.24) is 10.2 Å². The zero-order valence-electron chi connectivity index (χ0n) is 11.2. The fourth-order valence-electron chi connectivity index (χ4n) is 2.95. The number of nitrogens with one attached hydrogen (secondary N) is 1. The molecule has 3 nitrogen and oxygen atoms in total. The molecule has 0 aromatic carbocycles. The van der Waals surface area contributed by atoms with Crippen molar-refractivity contribution in [2.45, 2.75) is 32.1 Å². The summed E-state index contributed by atoms with van der Waals surface area (Å²) < 4.78 is 0. The number of nitrogens with zero attached hydrogens (tertiary/aromatic N) is 2. The second-order valence-corrected chi connectivity index (χ2v) is 6.33. The summed E-state index contributed by atoms with van der Waals surface area (Å²) in [6, 6.07) is 0. The third-order valence-corrected chi connectivity index (χ3v) is 4.87. The maximum absolute atomic E-state index is 4.42. The van der Waals surface area contributed by atoms with Crippen LogP contribution in [0.3, 0.4) is 0 Å². The summed E-state index contributed by atoms with van der Waals surface area (Å²) in [5.41, 5.74) is 0.664. The largest absolute Gasteiger partial charge is 0.356 e. The van der Waals surface area contributed by atoms with Gasteiger partial charge in [-0.2, -0.15) is 11.8 Å². The van der Waals surface area contributed by atoms with Crippen molar-refractivity contribution in [3.8, 4) is 0 Å². The van der Waals surface area contributed by atoms with Gasteiger partial charge in [-0.15, -0.1) is 0 Å². The predicted octanol–water partition coefficient (Wildman–Crippen LogP) is 2.19. The van der Waals surface area contributed by atoms with Crippen LogP contribution in [-0.4, -0.2) is 49.6 Å². The molecule has 0 aromatic heterocycles. The van der Waals surface area contributed by atoms with Gasteiger partial charge in [-0.3, -0.25) is 4.99 Å². The minimum absolute atomic E-state index is 0.664. The molecule has 17 heavy (non-hydrogen) atoms. The molecular weight excluding hydrogens is 230 g/mol. The van der Waals surface area contributed by atoms with Gasteiger partial charge in [-0.05, 0) is 43.1 Å². The Bertz CT molecular complexity index is 274. The van der Waals surface area contributed by atoms with Gasteiger partial charge in [0.2, 0.25) is 0 Å². The highest BCUT2D eigenvalue weighted by atomic mass is 32.2. The zero-order valence-corrected chi connectivity index (χ0v) is 12.0. The Hall–Kier alpha value is -0.380. The van der Waals surface area contributed by atoms with Crippen molar-refractivity contribution in [2.75, 3.05) is 38.7 Å². The molecule has 2 rings (SSSR count). The van der Waals surface area contributed by atoms with E-state index in [1.807, 2.05) is 18.8 Å². The Labute approximate surface area is 109 Å². The minimum atomic E-state index is 0.664. The molecule has 0 unspecified atom stereocenters. The molecule has 1 saturated carbocycles. The molecule has 98 valence electrons. The molecule has 1 aliphatic heterocycles. The molecule has 0 radical (unpaired) electrons. The number of thioether (sulfide) groups is 1. The number of likely N-dealkylation sites (tertiary alicyclic amines) is 1. The summed E-state index contributed by atoms with van der Waals surface area (Å²) in [5.74, 6) is 2.35. The van der Waals surface area contributed by atoms with Crippen molar-refractivity contribution in [3.63, 3.8) is 0 Å². The highest BCUT2D eigenvalue weighted by Crippen LogP contribution is 2.47. The van der Waals surface area contributed by atoms with E-state index in [-0.39, 0.29) is 0 Å². The lowest BCUT2D eigenvalue weighted by atomic mass is 9.68. The maximum Gasteiger partial charge on any atom is 0.193 e. The van der Waals surface area contributed by atoms with Gasteiger partial charge >= 0.3 is 0 Å². The molecule has 1 saturated heterocycles. The van der Waals surface area contributed by atoms with Crippen LogP contribution in [0.1, 0.15) is 32.1 Å². The number of rotatable bonds is 4. The molecule has 0 amide bonds. The Morgan fingerprint density at radius 1 is 1.41 bits per heavy atom. The third kappa shape index (κ3) is 3.09. The molecule has 1 spiro atoms. The van der Waals surface area contributed by atoms with E-state index in [4.69, 9.17) is 0 Å². The fourth-order valence-corrected chi connectivity index (χ4v) is 3.38. The van der Waals surface area contributed by atoms with Gasteiger partial charge in [0.1, 0.15) is 0 Å². The van der Waals surface area contributed by atoms with Crippen LogP contribution < -0.4 is 5.32 Å². The molecule has 2 fully saturated rings. The quantitative estimate of drug-likeness (QED) is 0.474. The monoisotopic (exact) mass is 255 g/mol. The van der Waals surface area contributed by atoms with E-state index < -0.39 is 0 Å². The summed E-state index contributed by atoms with van der Waals surface area (Å²) in [5, 5.41) is 3.49. The van der Waals surface area contributed by atoms with Crippen LogP contribution in [0.25, 0.3) is 0 Å². The molecular formula is C13H25N3S. The first-order valence-corrected chi connectivity index (χ1v) is 8.14. The van der Waals surface area contributed by atoms with E-state index >= 15 is 0 Å². The second-order valence-electron chi connectivity index (χ2n) is 5.35. The van der Waals surface area contributed by atoms with Crippen molar-refractivity contribution in [2.24, 2.45) is 10.4 Å². The van der Waals surface area contributed by atoms with Gasteiger partial charge in [-0.1, -0.05) is 6.42 Å². The van der Waals surface area contributed by atoms with Crippen LogP contribution in [-0.2, 0) is 0 Å². The standard InChI is InChI=1S/C13H25N3S/c1-14-12(15-8-4-10-17-2)16-9-7-13(11-16)5-3-6-13/h3-11H2,1-2H3,(H,14,15). The molecule has 1 aliphatic carbocycles. The average molecular weight is 255 g/mol. The van der Waals surface area contributed by atoms with Crippen LogP contribution >= 0.6 is 11.8 Å². The number of guanidine groups is 1. The summed E-state index contributed by atoms with van der Waals surface area (Å²) >= 11 is 1.91. The van der Waals surface area contributed by atoms with Crippen molar-refractivity contribution < 1.29 is 0 Å². The molecule has 4 heteroatoms. The van der Waals surface area contributed by atoms with Gasteiger partial charge < -0.3 is 10.2 Å². The summed E-state index contributed by atoms with van der Waals surface area (Å²) in [6.45, 7) is 3.48. The van der Waals surface area contributed by atoms with Crippen LogP contribution in [0, 0.1) is 5.41 Å². The van der Waals surface area contributed by atoms with Crippen molar-refractivity contribution >= 4 is 17.7 Å². The van der Waals surface area contributed by atoms with Crippen molar-refractivity contribution in [1.29, 1.82) is 0 Å². The van der Waals surface area contributed by atoms with E-state index in [9.17, 15) is 0 Å². The smallest absolute Gasteiger partial charge is 0.193 e. The fraction of sp³-hybridized carbons (Fsp3) is 0.923. The zero-order chi connectivity index (χ0) is 12.1. The average Bonchev–Trinajstić information content (AvgIpc) is 2.74. The predicted molar refractivity (Wildman–Crippen MR) is 76.8 cm³/mol. The first kappa shape index (κ1) is 13.1. The Morgan fingerprint density at radius 2 is 2.24 bits per heavy atom. The van der Waals surface area contributed by atoms with Crippen LogP contribution in [0.5, 0.6) is 0 Å². The van der Waals surface area contributed by atoms with E-state index in [2.05, 4.69) is 21.5 Å². The van der Waals surface area contributed by atoms with Gasteiger partial charge in [-0.25, -0.2) is 0 Å². The third-order valence-electron chi connectivity index (χ3n) is 4.17. The molecule has 0 atom stereocenters. The summed E-state index contributed by atoms with van der Waals surface area (Å²) in [6.07, 6.45) is 9.07. The maximum atomic E-state index is 4.42. The van der Waals surface area contributed by atoms with Gasteiger partial charge in [0.15, 0.2) is 5.96 Å². The number of hydrogen-bond donors (Lipinski definition) is 1. The highest BCUT2D eigenvalue weighted by molar-refractivity contribution is 7.98. The first-order valence-electron chi connectivity index (χ1n) is 6.74. The van der Waals surface area contributed by atoms with Crippen LogP contribution in [0.2, 0.25) is 0 Å². The topological polar surface area (TPSA) is 27.6 Å². The first-order chi connectivity index (χ1) is 8.29. The van der Waals surface area contributed by atoms with Gasteiger partial charge in [0.05, 0.1) is 0 Å². The molecule has 0 bridgehead atoms. The highest BCUT2D eigenvalue weighted by Gasteiger charge is 2.43. The SMILES string of the molecule is CN=C(NCCCSC)N1CCC2(CCC2)C1. The lowest BCUT2D eigenvalue weighted by Gasteiger charge is -2.38. The van der Waals surface area contributed by atoms with Crippen molar-refractivity contribution in [3.05, 3.63) is 0 Å². The van der Waals surface area contributed by atoms with E-state index in [1.54, 1.807) is 0 Å². The molecule has 2 aliphatic rings. The number of hydrogen-bond acceptors (Lipinski definition) is 2. The Kier molecular flexibility index (Phi) is 4.60. The Morgan fingerprint density at radius 3 is 2.76 bits per heavy atom. The van der Waals surface area contributed by atoms with E-state index in [1.165, 1.54) is 50.9 Å². The van der Waals surface area contributed by atoms with Gasteiger partial charge in [0, 0.05) is 26.7 Å². The Balaban J connectivity index is 1.75. The lowest BCUT2D eigenvalue weighted by molar-refractivity contribution is 0.151. The van der Waals surface area contributed by atoms with E-state index in [0.29, 0.717) is 5.41 Å². The van der Waals surface area contributed by atoms with Crippen LogP contribution in [0.15, 0.2) is 4.99 Å². The molecule has 1 N–H and O–H groups in total. The lowest BCUT2D eigenvalue weighted by Crippen LogP contribution is -2.42. The molecule has 0 aromatic rings.